The van der Waals surface area contributed by atoms with E-state index in [4.69, 9.17) is 4.74 Å². The minimum absolute atomic E-state index is 0.105. The smallest absolute Gasteiger partial charge is 0.163 e. The van der Waals surface area contributed by atoms with Gasteiger partial charge in [-0.3, -0.25) is 4.40 Å². The lowest BCUT2D eigenvalue weighted by Gasteiger charge is -2.22. The van der Waals surface area contributed by atoms with Crippen molar-refractivity contribution in [3.8, 4) is 0 Å². The van der Waals surface area contributed by atoms with Crippen LogP contribution in [0, 0.1) is 6.92 Å². The lowest BCUT2D eigenvalue weighted by Crippen LogP contribution is -2.35. The number of hydrogen-bond acceptors (Lipinski definition) is 5. The molecule has 0 amide bonds. The molecule has 1 unspecified atom stereocenters. The van der Waals surface area contributed by atoms with Crippen molar-refractivity contribution in [2.75, 3.05) is 19.8 Å². The Morgan fingerprint density at radius 3 is 3.25 bits per heavy atom. The highest BCUT2D eigenvalue weighted by Gasteiger charge is 2.20. The summed E-state index contributed by atoms with van der Waals surface area (Å²) in [6.45, 7) is 4.18. The monoisotopic (exact) mass is 219 g/mol. The first kappa shape index (κ1) is 9.68. The molecule has 1 fully saturated rings. The van der Waals surface area contributed by atoms with E-state index in [9.17, 15) is 0 Å². The molecule has 1 atom stereocenters. The molecular formula is C10H13N5O. The summed E-state index contributed by atoms with van der Waals surface area (Å²) in [5.41, 5.74) is 1.77. The number of rotatable bonds is 1. The van der Waals surface area contributed by atoms with Crippen LogP contribution in [0.2, 0.25) is 0 Å². The quantitative estimate of drug-likeness (QED) is 0.736. The maximum absolute atomic E-state index is 5.41. The van der Waals surface area contributed by atoms with Crippen molar-refractivity contribution < 1.29 is 4.74 Å². The van der Waals surface area contributed by atoms with E-state index >= 15 is 0 Å². The molecule has 2 aromatic rings. The lowest BCUT2D eigenvalue weighted by atomic mass is 10.2. The van der Waals surface area contributed by atoms with E-state index in [0.29, 0.717) is 6.61 Å². The fourth-order valence-corrected chi connectivity index (χ4v) is 1.87. The van der Waals surface area contributed by atoms with Crippen molar-refractivity contribution in [3.63, 3.8) is 0 Å². The molecule has 0 aromatic carbocycles. The Balaban J connectivity index is 2.03. The molecule has 0 aliphatic carbocycles. The zero-order chi connectivity index (χ0) is 11.0. The number of aromatic nitrogens is 4. The van der Waals surface area contributed by atoms with Gasteiger partial charge >= 0.3 is 0 Å². The normalized spacial score (nSPS) is 21.4. The van der Waals surface area contributed by atoms with Crippen molar-refractivity contribution in [2.45, 2.75) is 13.0 Å². The van der Waals surface area contributed by atoms with Crippen molar-refractivity contribution in [1.82, 2.24) is 24.9 Å². The predicted molar refractivity (Wildman–Crippen MR) is 57.1 cm³/mol. The number of morpholine rings is 1. The Morgan fingerprint density at radius 2 is 2.44 bits per heavy atom. The largest absolute Gasteiger partial charge is 0.378 e. The summed E-state index contributed by atoms with van der Waals surface area (Å²) in [6.07, 6.45) is 1.76. The summed E-state index contributed by atoms with van der Waals surface area (Å²) >= 11 is 0. The van der Waals surface area contributed by atoms with E-state index in [1.807, 2.05) is 17.4 Å². The molecule has 1 N–H and O–H groups in total. The van der Waals surface area contributed by atoms with Gasteiger partial charge in [-0.2, -0.15) is 0 Å². The third kappa shape index (κ3) is 1.56. The van der Waals surface area contributed by atoms with Crippen LogP contribution in [0.15, 0.2) is 12.4 Å². The van der Waals surface area contributed by atoms with Crippen LogP contribution in [0.3, 0.4) is 0 Å². The maximum atomic E-state index is 5.41. The third-order valence-corrected chi connectivity index (χ3v) is 2.70. The summed E-state index contributed by atoms with van der Waals surface area (Å²) in [5.74, 6) is 0.863. The van der Waals surface area contributed by atoms with Crippen LogP contribution in [0.1, 0.15) is 17.6 Å². The molecule has 0 saturated carbocycles. The van der Waals surface area contributed by atoms with Crippen LogP contribution >= 0.6 is 0 Å². The van der Waals surface area contributed by atoms with Gasteiger partial charge in [-0.15, -0.1) is 10.2 Å². The Labute approximate surface area is 92.7 Å². The third-order valence-electron chi connectivity index (χ3n) is 2.70. The van der Waals surface area contributed by atoms with Gasteiger partial charge in [-0.1, -0.05) is 0 Å². The number of ether oxygens (including phenoxy) is 1. The van der Waals surface area contributed by atoms with Crippen LogP contribution in [0.25, 0.3) is 5.65 Å². The average Bonchev–Trinajstić information content (AvgIpc) is 2.73. The molecule has 2 aromatic heterocycles. The molecule has 0 spiro atoms. The standard InChI is InChI=1S/C10H13N5O/c1-7-4-9-13-14-10(15(9)6-12-7)8-5-16-3-2-11-8/h4,6,8,11H,2-3,5H2,1H3. The Kier molecular flexibility index (Phi) is 2.30. The van der Waals surface area contributed by atoms with Crippen molar-refractivity contribution >= 4 is 5.65 Å². The van der Waals surface area contributed by atoms with E-state index in [1.165, 1.54) is 0 Å². The van der Waals surface area contributed by atoms with Crippen LogP contribution < -0.4 is 5.32 Å². The first-order valence-corrected chi connectivity index (χ1v) is 5.33. The molecule has 0 radical (unpaired) electrons. The molecule has 84 valence electrons. The van der Waals surface area contributed by atoms with Gasteiger partial charge < -0.3 is 10.1 Å². The second kappa shape index (κ2) is 3.80. The molecular weight excluding hydrogens is 206 g/mol. The van der Waals surface area contributed by atoms with E-state index in [2.05, 4.69) is 20.5 Å². The maximum Gasteiger partial charge on any atom is 0.163 e. The molecule has 1 saturated heterocycles. The molecule has 1 aliphatic heterocycles. The van der Waals surface area contributed by atoms with Crippen LogP contribution in [-0.4, -0.2) is 39.3 Å². The van der Waals surface area contributed by atoms with Crippen LogP contribution in [-0.2, 0) is 4.74 Å². The lowest BCUT2D eigenvalue weighted by molar-refractivity contribution is 0.0739. The zero-order valence-electron chi connectivity index (χ0n) is 9.05. The highest BCUT2D eigenvalue weighted by Crippen LogP contribution is 2.14. The molecule has 6 nitrogen and oxygen atoms in total. The highest BCUT2D eigenvalue weighted by molar-refractivity contribution is 5.38. The second-order valence-electron chi connectivity index (χ2n) is 3.90. The van der Waals surface area contributed by atoms with Crippen LogP contribution in [0.4, 0.5) is 0 Å². The van der Waals surface area contributed by atoms with Gasteiger partial charge in [0.25, 0.3) is 0 Å². The van der Waals surface area contributed by atoms with Crippen LogP contribution in [0.5, 0.6) is 0 Å². The summed E-state index contributed by atoms with van der Waals surface area (Å²) in [5, 5.41) is 11.7. The highest BCUT2D eigenvalue weighted by atomic mass is 16.5. The number of fused-ring (bicyclic) bond motifs is 1. The summed E-state index contributed by atoms with van der Waals surface area (Å²) in [4.78, 5) is 4.25. The van der Waals surface area contributed by atoms with Crippen molar-refractivity contribution in [1.29, 1.82) is 0 Å². The SMILES string of the molecule is Cc1cc2nnc(C3COCCN3)n2cn1. The van der Waals surface area contributed by atoms with Crippen molar-refractivity contribution in [2.24, 2.45) is 0 Å². The minimum atomic E-state index is 0.105. The van der Waals surface area contributed by atoms with Gasteiger partial charge in [0.15, 0.2) is 11.5 Å². The summed E-state index contributed by atoms with van der Waals surface area (Å²) in [6, 6.07) is 2.02. The van der Waals surface area contributed by atoms with Crippen molar-refractivity contribution in [3.05, 3.63) is 23.9 Å². The number of hydrogen-bond donors (Lipinski definition) is 1. The minimum Gasteiger partial charge on any atom is -0.378 e. The van der Waals surface area contributed by atoms with E-state index in [-0.39, 0.29) is 6.04 Å². The number of nitrogens with one attached hydrogen (secondary N) is 1. The first-order valence-electron chi connectivity index (χ1n) is 5.33. The fourth-order valence-electron chi connectivity index (χ4n) is 1.87. The summed E-state index contributed by atoms with van der Waals surface area (Å²) < 4.78 is 7.32. The van der Waals surface area contributed by atoms with Gasteiger partial charge in [0.1, 0.15) is 6.33 Å². The zero-order valence-corrected chi connectivity index (χ0v) is 9.05. The Bertz CT molecular complexity index is 503. The van der Waals surface area contributed by atoms with E-state index in [0.717, 1.165) is 30.3 Å². The molecule has 3 heterocycles. The predicted octanol–water partition coefficient (Wildman–Crippen LogP) is 0.0936. The fraction of sp³-hybridized carbons (Fsp3) is 0.500. The number of nitrogens with zero attached hydrogens (tertiary/aromatic N) is 4. The average molecular weight is 219 g/mol. The van der Waals surface area contributed by atoms with E-state index < -0.39 is 0 Å². The van der Waals surface area contributed by atoms with Gasteiger partial charge in [-0.05, 0) is 6.92 Å². The topological polar surface area (TPSA) is 64.3 Å². The first-order chi connectivity index (χ1) is 7.84. The van der Waals surface area contributed by atoms with Gasteiger partial charge in [0, 0.05) is 18.3 Å². The molecule has 16 heavy (non-hydrogen) atoms. The molecule has 6 heteroatoms. The van der Waals surface area contributed by atoms with Gasteiger partial charge in [0.05, 0.1) is 19.3 Å². The molecule has 1 aliphatic rings. The van der Waals surface area contributed by atoms with E-state index in [1.54, 1.807) is 6.33 Å². The van der Waals surface area contributed by atoms with Gasteiger partial charge in [0.2, 0.25) is 0 Å². The number of aryl methyl sites for hydroxylation is 1. The summed E-state index contributed by atoms with van der Waals surface area (Å²) in [7, 11) is 0. The Morgan fingerprint density at radius 1 is 1.50 bits per heavy atom. The second-order valence-corrected chi connectivity index (χ2v) is 3.90. The molecule has 3 rings (SSSR count). The van der Waals surface area contributed by atoms with Gasteiger partial charge in [-0.25, -0.2) is 4.98 Å². The molecule has 0 bridgehead atoms. The Hall–Kier alpha value is -1.53.